The van der Waals surface area contributed by atoms with Crippen LogP contribution in [-0.2, 0) is 0 Å². The van der Waals surface area contributed by atoms with E-state index in [-0.39, 0.29) is 0 Å². The van der Waals surface area contributed by atoms with E-state index >= 15 is 0 Å². The number of hydrogen-bond donors (Lipinski definition) is 0. The largest absolute Gasteiger partial charge is 0.0844 e. The summed E-state index contributed by atoms with van der Waals surface area (Å²) in [5.41, 5.74) is 0. The molecule has 0 aliphatic heterocycles. The molecule has 0 heteroatoms. The standard InChI is InChI=1S/C10H12/c1-2-4-6-8-10-9-7-5-3-1/h1-6,9-10H,7-8H2/b2-1-,5-3-,6-4?,10-9-. The molecule has 0 amide bonds. The van der Waals surface area contributed by atoms with E-state index < -0.39 is 0 Å². The first-order chi connectivity index (χ1) is 5.00. The Morgan fingerprint density at radius 2 is 1.00 bits per heavy atom. The second-order valence-corrected chi connectivity index (χ2v) is 2.18. The van der Waals surface area contributed by atoms with E-state index in [4.69, 9.17) is 0 Å². The minimum atomic E-state index is 1.05. The Hall–Kier alpha value is -1.04. The van der Waals surface area contributed by atoms with Crippen molar-refractivity contribution < 1.29 is 0 Å². The zero-order valence-electron chi connectivity index (χ0n) is 6.03. The van der Waals surface area contributed by atoms with Gasteiger partial charge in [-0.05, 0) is 12.8 Å². The van der Waals surface area contributed by atoms with Gasteiger partial charge in [0.15, 0.2) is 0 Å². The average molecular weight is 132 g/mol. The molecule has 52 valence electrons. The third kappa shape index (κ3) is 3.08. The van der Waals surface area contributed by atoms with Gasteiger partial charge in [-0.3, -0.25) is 0 Å². The van der Waals surface area contributed by atoms with Crippen LogP contribution in [0.4, 0.5) is 0 Å². The van der Waals surface area contributed by atoms with Gasteiger partial charge in [0.2, 0.25) is 0 Å². The molecule has 0 unspecified atom stereocenters. The maximum absolute atomic E-state index is 2.18. The Kier molecular flexibility index (Phi) is 3.40. The van der Waals surface area contributed by atoms with Crippen LogP contribution in [0, 0.1) is 0 Å². The third-order valence-corrected chi connectivity index (χ3v) is 1.32. The van der Waals surface area contributed by atoms with Crippen molar-refractivity contribution in [3.63, 3.8) is 0 Å². The highest BCUT2D eigenvalue weighted by atomic mass is 13.8. The minimum absolute atomic E-state index is 1.05. The highest BCUT2D eigenvalue weighted by molar-refractivity contribution is 5.14. The van der Waals surface area contributed by atoms with Gasteiger partial charge in [0.25, 0.3) is 0 Å². The van der Waals surface area contributed by atoms with Gasteiger partial charge in [0.05, 0.1) is 0 Å². The molecule has 1 rings (SSSR count). The number of allylic oxidation sites excluding steroid dienone is 8. The summed E-state index contributed by atoms with van der Waals surface area (Å²) in [6.07, 6.45) is 19.0. The van der Waals surface area contributed by atoms with Gasteiger partial charge in [-0.1, -0.05) is 48.6 Å². The molecule has 0 atom stereocenters. The monoisotopic (exact) mass is 132 g/mol. The molecule has 0 aromatic carbocycles. The number of hydrogen-bond acceptors (Lipinski definition) is 0. The smallest absolute Gasteiger partial charge is 0.0166 e. The summed E-state index contributed by atoms with van der Waals surface area (Å²) in [7, 11) is 0. The molecule has 0 heterocycles. The molecule has 0 aromatic heterocycles. The normalized spacial score (nSPS) is 27.2. The fourth-order valence-corrected chi connectivity index (χ4v) is 0.792. The summed E-state index contributed by atoms with van der Waals surface area (Å²) in [5.74, 6) is 0. The van der Waals surface area contributed by atoms with E-state index in [9.17, 15) is 0 Å². The van der Waals surface area contributed by atoms with Gasteiger partial charge in [-0.25, -0.2) is 0 Å². The Bertz CT molecular complexity index is 160. The summed E-state index contributed by atoms with van der Waals surface area (Å²) < 4.78 is 0. The number of rotatable bonds is 0. The van der Waals surface area contributed by atoms with Crippen LogP contribution >= 0.6 is 0 Å². The summed E-state index contributed by atoms with van der Waals surface area (Å²) >= 11 is 0. The molecule has 0 aromatic rings. The van der Waals surface area contributed by atoms with E-state index in [2.05, 4.69) is 48.6 Å². The van der Waals surface area contributed by atoms with Crippen LogP contribution in [0.15, 0.2) is 48.6 Å². The van der Waals surface area contributed by atoms with Crippen molar-refractivity contribution in [2.24, 2.45) is 0 Å². The SMILES string of the molecule is C1=CC/C=C\C/C=C\C=C/1. The first-order valence-electron chi connectivity index (χ1n) is 3.63. The van der Waals surface area contributed by atoms with Crippen molar-refractivity contribution in [1.29, 1.82) is 0 Å². The lowest BCUT2D eigenvalue weighted by atomic mass is 10.2. The van der Waals surface area contributed by atoms with Gasteiger partial charge in [0.1, 0.15) is 0 Å². The topological polar surface area (TPSA) is 0 Å². The van der Waals surface area contributed by atoms with Crippen molar-refractivity contribution in [1.82, 2.24) is 0 Å². The zero-order valence-corrected chi connectivity index (χ0v) is 6.03. The summed E-state index contributed by atoms with van der Waals surface area (Å²) in [6.45, 7) is 0. The molecular formula is C10H12. The van der Waals surface area contributed by atoms with Crippen LogP contribution in [0.25, 0.3) is 0 Å². The van der Waals surface area contributed by atoms with E-state index in [1.807, 2.05) is 0 Å². The van der Waals surface area contributed by atoms with E-state index in [0.717, 1.165) is 12.8 Å². The molecule has 10 heavy (non-hydrogen) atoms. The van der Waals surface area contributed by atoms with Gasteiger partial charge < -0.3 is 0 Å². The second-order valence-electron chi connectivity index (χ2n) is 2.18. The average Bonchev–Trinajstić information content (AvgIpc) is 2.01. The van der Waals surface area contributed by atoms with Gasteiger partial charge in [0, 0.05) is 0 Å². The molecule has 0 saturated carbocycles. The van der Waals surface area contributed by atoms with E-state index in [1.54, 1.807) is 0 Å². The molecular weight excluding hydrogens is 120 g/mol. The van der Waals surface area contributed by atoms with Crippen molar-refractivity contribution in [2.75, 3.05) is 0 Å². The molecule has 0 fully saturated rings. The van der Waals surface area contributed by atoms with Crippen LogP contribution in [0.3, 0.4) is 0 Å². The first kappa shape index (κ1) is 7.07. The predicted octanol–water partition coefficient (Wildman–Crippen LogP) is 3.01. The van der Waals surface area contributed by atoms with E-state index in [1.165, 1.54) is 0 Å². The van der Waals surface area contributed by atoms with Crippen LogP contribution in [-0.4, -0.2) is 0 Å². The lowest BCUT2D eigenvalue weighted by Crippen LogP contribution is -1.62. The van der Waals surface area contributed by atoms with Crippen molar-refractivity contribution in [3.8, 4) is 0 Å². The Morgan fingerprint density at radius 3 is 1.50 bits per heavy atom. The summed E-state index contributed by atoms with van der Waals surface area (Å²) in [6, 6.07) is 0. The fourth-order valence-electron chi connectivity index (χ4n) is 0.792. The highest BCUT2D eigenvalue weighted by Gasteiger charge is 1.73. The Morgan fingerprint density at radius 1 is 0.500 bits per heavy atom. The maximum Gasteiger partial charge on any atom is -0.0166 e. The van der Waals surface area contributed by atoms with Gasteiger partial charge in [-0.15, -0.1) is 0 Å². The Balaban J connectivity index is 2.51. The van der Waals surface area contributed by atoms with Crippen LogP contribution in [0.1, 0.15) is 12.8 Å². The molecule has 1 aliphatic rings. The first-order valence-corrected chi connectivity index (χ1v) is 3.63. The Labute approximate surface area is 62.3 Å². The lowest BCUT2D eigenvalue weighted by molar-refractivity contribution is 1.31. The zero-order chi connectivity index (χ0) is 7.07. The van der Waals surface area contributed by atoms with Crippen LogP contribution in [0.2, 0.25) is 0 Å². The minimum Gasteiger partial charge on any atom is -0.0844 e. The fraction of sp³-hybridized carbons (Fsp3) is 0.200. The highest BCUT2D eigenvalue weighted by Crippen LogP contribution is 1.94. The van der Waals surface area contributed by atoms with Gasteiger partial charge >= 0.3 is 0 Å². The van der Waals surface area contributed by atoms with Crippen molar-refractivity contribution in [2.45, 2.75) is 12.8 Å². The molecule has 0 saturated heterocycles. The molecule has 0 radical (unpaired) electrons. The van der Waals surface area contributed by atoms with Crippen molar-refractivity contribution >= 4 is 0 Å². The molecule has 0 bridgehead atoms. The summed E-state index contributed by atoms with van der Waals surface area (Å²) in [5, 5.41) is 0. The molecule has 0 N–H and O–H groups in total. The molecule has 1 aliphatic carbocycles. The second kappa shape index (κ2) is 4.80. The quantitative estimate of drug-likeness (QED) is 0.444. The van der Waals surface area contributed by atoms with Crippen LogP contribution < -0.4 is 0 Å². The lowest BCUT2D eigenvalue weighted by Gasteiger charge is -1.84. The van der Waals surface area contributed by atoms with Crippen LogP contribution in [0.5, 0.6) is 0 Å². The van der Waals surface area contributed by atoms with E-state index in [0.29, 0.717) is 0 Å². The third-order valence-electron chi connectivity index (χ3n) is 1.32. The summed E-state index contributed by atoms with van der Waals surface area (Å²) in [4.78, 5) is 0. The molecule has 0 nitrogen and oxygen atoms in total. The maximum atomic E-state index is 2.18. The molecule has 0 spiro atoms. The van der Waals surface area contributed by atoms with Gasteiger partial charge in [-0.2, -0.15) is 0 Å². The predicted molar refractivity (Wildman–Crippen MR) is 45.8 cm³/mol. The van der Waals surface area contributed by atoms with Crippen molar-refractivity contribution in [3.05, 3.63) is 48.6 Å².